The average molecular weight is 518 g/mol. The molecule has 0 spiro atoms. The molecule has 1 amide bonds. The molecule has 2 unspecified atom stereocenters. The van der Waals surface area contributed by atoms with Crippen molar-refractivity contribution in [2.75, 3.05) is 32.8 Å². The summed E-state index contributed by atoms with van der Waals surface area (Å²) in [5.74, 6) is 1.82. The number of amides is 1. The van der Waals surface area contributed by atoms with Crippen molar-refractivity contribution in [1.82, 2.24) is 14.1 Å². The van der Waals surface area contributed by atoms with Gasteiger partial charge in [-0.25, -0.2) is 13.2 Å². The first-order valence-electron chi connectivity index (χ1n) is 14.2. The van der Waals surface area contributed by atoms with Crippen molar-refractivity contribution >= 4 is 16.1 Å². The van der Waals surface area contributed by atoms with Crippen molar-refractivity contribution in [1.29, 1.82) is 0 Å². The second kappa shape index (κ2) is 11.4. The second-order valence-electron chi connectivity index (χ2n) is 11.5. The van der Waals surface area contributed by atoms with Gasteiger partial charge < -0.3 is 9.64 Å². The Hall–Kier alpha value is -1.64. The van der Waals surface area contributed by atoms with E-state index in [0.717, 1.165) is 50.6 Å². The van der Waals surface area contributed by atoms with Crippen LogP contribution in [0.25, 0.3) is 0 Å². The van der Waals surface area contributed by atoms with Crippen LogP contribution in [0.3, 0.4) is 0 Å². The summed E-state index contributed by atoms with van der Waals surface area (Å²) >= 11 is 0. The van der Waals surface area contributed by atoms with Crippen LogP contribution in [0.1, 0.15) is 71.1 Å². The summed E-state index contributed by atoms with van der Waals surface area (Å²) in [5.41, 5.74) is 0. The number of sulfonamides is 1. The molecule has 0 radical (unpaired) electrons. The average Bonchev–Trinajstić information content (AvgIpc) is 2.92. The van der Waals surface area contributed by atoms with Gasteiger partial charge in [-0.3, -0.25) is 4.90 Å². The van der Waals surface area contributed by atoms with Gasteiger partial charge in [-0.15, -0.1) is 0 Å². The summed E-state index contributed by atoms with van der Waals surface area (Å²) in [7, 11) is -3.64. The summed E-state index contributed by atoms with van der Waals surface area (Å²) in [4.78, 5) is 17.8. The molecule has 1 saturated carbocycles. The summed E-state index contributed by atoms with van der Waals surface area (Å²) in [5, 5.41) is 0. The molecule has 0 N–H and O–H groups in total. The zero-order chi connectivity index (χ0) is 25.1. The lowest BCUT2D eigenvalue weighted by molar-refractivity contribution is 0.0228. The molecule has 1 aliphatic carbocycles. The van der Waals surface area contributed by atoms with E-state index in [-0.39, 0.29) is 24.8 Å². The van der Waals surface area contributed by atoms with E-state index >= 15 is 0 Å². The molecule has 3 aliphatic heterocycles. The Morgan fingerprint density at radius 1 is 0.889 bits per heavy atom. The zero-order valence-electron chi connectivity index (χ0n) is 21.8. The SMILES string of the molecule is C[C@@H]1CCC[C@H](COC(=O)N2CCC(N3CCC4CCCCC4C3)CC2)N1S(=O)(=O)c1ccccc1. The molecule has 0 bridgehead atoms. The van der Waals surface area contributed by atoms with Crippen molar-refractivity contribution in [3.05, 3.63) is 30.3 Å². The van der Waals surface area contributed by atoms with Crippen LogP contribution in [0.15, 0.2) is 35.2 Å². The van der Waals surface area contributed by atoms with Crippen LogP contribution in [-0.4, -0.2) is 79.5 Å². The number of likely N-dealkylation sites (tertiary alicyclic amines) is 2. The van der Waals surface area contributed by atoms with E-state index in [1.54, 1.807) is 28.6 Å². The quantitative estimate of drug-likeness (QED) is 0.565. The third-order valence-corrected chi connectivity index (χ3v) is 11.3. The van der Waals surface area contributed by atoms with Crippen molar-refractivity contribution in [3.8, 4) is 0 Å². The minimum atomic E-state index is -3.64. The number of carbonyl (C=O) groups excluding carboxylic acids is 1. The predicted octanol–water partition coefficient (Wildman–Crippen LogP) is 4.73. The molecule has 0 aromatic heterocycles. The smallest absolute Gasteiger partial charge is 0.409 e. The lowest BCUT2D eigenvalue weighted by atomic mass is 9.74. The molecule has 7 nitrogen and oxygen atoms in total. The topological polar surface area (TPSA) is 70.2 Å². The van der Waals surface area contributed by atoms with E-state index in [2.05, 4.69) is 4.90 Å². The van der Waals surface area contributed by atoms with Crippen LogP contribution < -0.4 is 0 Å². The van der Waals surface area contributed by atoms with Gasteiger partial charge >= 0.3 is 6.09 Å². The highest BCUT2D eigenvalue weighted by Crippen LogP contribution is 2.37. The van der Waals surface area contributed by atoms with E-state index in [0.29, 0.717) is 17.4 Å². The fourth-order valence-electron chi connectivity index (χ4n) is 7.20. The Bertz CT molecular complexity index is 980. The van der Waals surface area contributed by atoms with E-state index in [1.165, 1.54) is 45.2 Å². The van der Waals surface area contributed by atoms with Crippen molar-refractivity contribution < 1.29 is 17.9 Å². The molecule has 3 heterocycles. The Balaban J connectivity index is 1.13. The fraction of sp³-hybridized carbons (Fsp3) is 0.750. The number of ether oxygens (including phenoxy) is 1. The van der Waals surface area contributed by atoms with Gasteiger partial charge in [0.25, 0.3) is 0 Å². The van der Waals surface area contributed by atoms with Gasteiger partial charge in [-0.2, -0.15) is 4.31 Å². The highest BCUT2D eigenvalue weighted by atomic mass is 32.2. The third kappa shape index (κ3) is 5.60. The number of carbonyl (C=O) groups is 1. The summed E-state index contributed by atoms with van der Waals surface area (Å²) in [6.07, 6.45) is 11.1. The van der Waals surface area contributed by atoms with Crippen LogP contribution in [-0.2, 0) is 14.8 Å². The molecular weight excluding hydrogens is 474 g/mol. The number of hydrogen-bond acceptors (Lipinski definition) is 5. The lowest BCUT2D eigenvalue weighted by Gasteiger charge is -2.46. The molecule has 8 heteroatoms. The van der Waals surface area contributed by atoms with Gasteiger partial charge in [0.05, 0.1) is 10.9 Å². The number of piperidine rings is 3. The Morgan fingerprint density at radius 2 is 1.61 bits per heavy atom. The number of benzene rings is 1. The largest absolute Gasteiger partial charge is 0.448 e. The molecule has 4 fully saturated rings. The number of hydrogen-bond donors (Lipinski definition) is 0. The highest BCUT2D eigenvalue weighted by Gasteiger charge is 2.39. The first kappa shape index (κ1) is 26.0. The molecule has 1 aromatic carbocycles. The molecule has 36 heavy (non-hydrogen) atoms. The van der Waals surface area contributed by atoms with Crippen LogP contribution in [0.4, 0.5) is 4.79 Å². The van der Waals surface area contributed by atoms with Gasteiger partial charge in [0.15, 0.2) is 0 Å². The van der Waals surface area contributed by atoms with Gasteiger partial charge in [0.2, 0.25) is 10.0 Å². The standard InChI is InChI=1S/C28H43N3O4S/c1-22-8-7-11-26(31(22)36(33,34)27-12-3-2-4-13-27)21-35-28(32)29-18-15-25(16-19-29)30-17-14-23-9-5-6-10-24(23)20-30/h2-4,12-13,22-26H,5-11,14-21H2,1H3/t22-,23?,24?,26-/m1/s1. The maximum absolute atomic E-state index is 13.4. The Morgan fingerprint density at radius 3 is 2.36 bits per heavy atom. The van der Waals surface area contributed by atoms with E-state index in [4.69, 9.17) is 4.74 Å². The van der Waals surface area contributed by atoms with E-state index in [9.17, 15) is 13.2 Å². The van der Waals surface area contributed by atoms with Gasteiger partial charge in [-0.05, 0) is 76.0 Å². The second-order valence-corrected chi connectivity index (χ2v) is 13.3. The maximum Gasteiger partial charge on any atom is 0.409 e. The lowest BCUT2D eigenvalue weighted by Crippen LogP contribution is -2.53. The summed E-state index contributed by atoms with van der Waals surface area (Å²) in [6, 6.07) is 8.73. The molecule has 1 aromatic rings. The first-order chi connectivity index (χ1) is 17.4. The fourth-order valence-corrected chi connectivity index (χ4v) is 9.08. The van der Waals surface area contributed by atoms with Crippen LogP contribution >= 0.6 is 0 Å². The van der Waals surface area contributed by atoms with Crippen LogP contribution in [0.2, 0.25) is 0 Å². The molecule has 3 saturated heterocycles. The molecular formula is C28H43N3O4S. The molecule has 4 atom stereocenters. The number of rotatable bonds is 5. The van der Waals surface area contributed by atoms with Crippen molar-refractivity contribution in [2.45, 2.75) is 94.2 Å². The molecule has 200 valence electrons. The van der Waals surface area contributed by atoms with Crippen molar-refractivity contribution in [2.24, 2.45) is 11.8 Å². The van der Waals surface area contributed by atoms with Gasteiger partial charge in [-0.1, -0.05) is 43.9 Å². The van der Waals surface area contributed by atoms with Gasteiger partial charge in [0, 0.05) is 31.7 Å². The van der Waals surface area contributed by atoms with Crippen molar-refractivity contribution in [3.63, 3.8) is 0 Å². The normalized spacial score (nSPS) is 31.1. The molecule has 5 rings (SSSR count). The molecule has 4 aliphatic rings. The zero-order valence-corrected chi connectivity index (χ0v) is 22.6. The van der Waals surface area contributed by atoms with Crippen LogP contribution in [0.5, 0.6) is 0 Å². The number of fused-ring (bicyclic) bond motifs is 1. The number of nitrogens with zero attached hydrogens (tertiary/aromatic N) is 3. The highest BCUT2D eigenvalue weighted by molar-refractivity contribution is 7.89. The Kier molecular flexibility index (Phi) is 8.23. The van der Waals surface area contributed by atoms with E-state index < -0.39 is 10.0 Å². The van der Waals surface area contributed by atoms with E-state index in [1.807, 2.05) is 17.9 Å². The monoisotopic (exact) mass is 517 g/mol. The first-order valence-corrected chi connectivity index (χ1v) is 15.6. The Labute approximate surface area is 217 Å². The van der Waals surface area contributed by atoms with Crippen LogP contribution in [0, 0.1) is 11.8 Å². The summed E-state index contributed by atoms with van der Waals surface area (Å²) < 4.78 is 34.1. The minimum absolute atomic E-state index is 0.114. The summed E-state index contributed by atoms with van der Waals surface area (Å²) in [6.45, 7) is 5.97. The van der Waals surface area contributed by atoms with Gasteiger partial charge in [0.1, 0.15) is 6.61 Å². The minimum Gasteiger partial charge on any atom is -0.448 e. The third-order valence-electron chi connectivity index (χ3n) is 9.23. The predicted molar refractivity (Wildman–Crippen MR) is 140 cm³/mol. The maximum atomic E-state index is 13.4.